The van der Waals surface area contributed by atoms with Gasteiger partial charge >= 0.3 is 10.4 Å². The van der Waals surface area contributed by atoms with Gasteiger partial charge in [-0.2, -0.15) is 8.42 Å². The summed E-state index contributed by atoms with van der Waals surface area (Å²) in [5.74, 6) is 0. The van der Waals surface area contributed by atoms with Gasteiger partial charge in [0.1, 0.15) is 0 Å². The number of rotatable bonds is 16. The molecule has 0 aromatic heterocycles. The summed E-state index contributed by atoms with van der Waals surface area (Å²) in [6, 6.07) is 0. The third-order valence-corrected chi connectivity index (χ3v) is 4.61. The zero-order valence-electron chi connectivity index (χ0n) is 14.6. The van der Waals surface area contributed by atoms with Crippen molar-refractivity contribution in [1.82, 2.24) is 0 Å². The Morgan fingerprint density at radius 3 is 1.55 bits per heavy atom. The Morgan fingerprint density at radius 2 is 1.18 bits per heavy atom. The summed E-state index contributed by atoms with van der Waals surface area (Å²) in [4.78, 5) is 0. The molecule has 1 unspecified atom stereocenters. The summed E-state index contributed by atoms with van der Waals surface area (Å²) in [7, 11) is -4.30. The molecule has 0 aliphatic carbocycles. The first-order valence-electron chi connectivity index (χ1n) is 9.15. The van der Waals surface area contributed by atoms with Crippen LogP contribution in [0.1, 0.15) is 104 Å². The predicted octanol–water partition coefficient (Wildman–Crippen LogP) is 5.68. The van der Waals surface area contributed by atoms with E-state index in [0.717, 1.165) is 12.8 Å². The molecule has 0 heterocycles. The van der Waals surface area contributed by atoms with E-state index in [1.54, 1.807) is 0 Å². The summed E-state index contributed by atoms with van der Waals surface area (Å²) >= 11 is 0. The van der Waals surface area contributed by atoms with E-state index < -0.39 is 10.4 Å². The van der Waals surface area contributed by atoms with Crippen LogP contribution in [-0.2, 0) is 14.6 Å². The number of hydrogen-bond donors (Lipinski definition) is 1. The van der Waals surface area contributed by atoms with E-state index in [9.17, 15) is 8.42 Å². The molecule has 0 spiro atoms. The highest BCUT2D eigenvalue weighted by Crippen LogP contribution is 2.15. The summed E-state index contributed by atoms with van der Waals surface area (Å²) < 4.78 is 34.6. The molecule has 0 aliphatic rings. The third-order valence-electron chi connectivity index (χ3n) is 4.09. The lowest BCUT2D eigenvalue weighted by Crippen LogP contribution is -2.16. The van der Waals surface area contributed by atoms with Crippen LogP contribution < -0.4 is 0 Å². The first kappa shape index (κ1) is 21.9. The Hall–Kier alpha value is -0.130. The van der Waals surface area contributed by atoms with Gasteiger partial charge in [0, 0.05) is 0 Å². The molecule has 1 atom stereocenters. The van der Waals surface area contributed by atoms with Crippen LogP contribution in [0.2, 0.25) is 0 Å². The fraction of sp³-hybridized carbons (Fsp3) is 1.00. The highest BCUT2D eigenvalue weighted by Gasteiger charge is 2.14. The van der Waals surface area contributed by atoms with Crippen molar-refractivity contribution < 1.29 is 17.2 Å². The van der Waals surface area contributed by atoms with Gasteiger partial charge < -0.3 is 0 Å². The Kier molecular flexibility index (Phi) is 14.4. The van der Waals surface area contributed by atoms with E-state index in [4.69, 9.17) is 4.55 Å². The quantitative estimate of drug-likeness (QED) is 0.291. The van der Waals surface area contributed by atoms with Gasteiger partial charge in [-0.1, -0.05) is 90.9 Å². The molecule has 0 aromatic rings. The summed E-state index contributed by atoms with van der Waals surface area (Å²) in [6.45, 7) is 4.12. The maximum absolute atomic E-state index is 10.7. The van der Waals surface area contributed by atoms with E-state index in [0.29, 0.717) is 12.8 Å². The lowest BCUT2D eigenvalue weighted by molar-refractivity contribution is 0.165. The van der Waals surface area contributed by atoms with Crippen molar-refractivity contribution in [2.24, 2.45) is 0 Å². The van der Waals surface area contributed by atoms with Crippen LogP contribution in [-0.4, -0.2) is 19.1 Å². The zero-order chi connectivity index (χ0) is 16.7. The molecule has 22 heavy (non-hydrogen) atoms. The third kappa shape index (κ3) is 16.2. The second kappa shape index (κ2) is 14.5. The van der Waals surface area contributed by atoms with Gasteiger partial charge in [0.15, 0.2) is 0 Å². The molecule has 0 radical (unpaired) electrons. The molecule has 0 saturated heterocycles. The first-order valence-corrected chi connectivity index (χ1v) is 10.5. The molecule has 0 aromatic carbocycles. The van der Waals surface area contributed by atoms with E-state index >= 15 is 0 Å². The minimum absolute atomic E-state index is 0.377. The minimum Gasteiger partial charge on any atom is -0.264 e. The van der Waals surface area contributed by atoms with Gasteiger partial charge in [0.2, 0.25) is 0 Å². The Bertz CT molecular complexity index is 328. The lowest BCUT2D eigenvalue weighted by atomic mass is 10.0. The van der Waals surface area contributed by atoms with Crippen molar-refractivity contribution in [1.29, 1.82) is 0 Å². The van der Waals surface area contributed by atoms with Crippen molar-refractivity contribution in [3.8, 4) is 0 Å². The Labute approximate surface area is 138 Å². The van der Waals surface area contributed by atoms with Crippen LogP contribution in [0.4, 0.5) is 0 Å². The zero-order valence-corrected chi connectivity index (χ0v) is 15.4. The topological polar surface area (TPSA) is 63.6 Å². The average molecular weight is 337 g/mol. The molecule has 0 aliphatic heterocycles. The van der Waals surface area contributed by atoms with E-state index in [1.807, 2.05) is 6.92 Å². The van der Waals surface area contributed by atoms with E-state index in [2.05, 4.69) is 11.1 Å². The first-order chi connectivity index (χ1) is 10.5. The molecule has 1 N–H and O–H groups in total. The summed E-state index contributed by atoms with van der Waals surface area (Å²) in [6.07, 6.45) is 16.4. The molecule has 4 nitrogen and oxygen atoms in total. The van der Waals surface area contributed by atoms with Gasteiger partial charge in [0.25, 0.3) is 0 Å². The SMILES string of the molecule is CCCCCCCCCCCCCCC(CC)OS(=O)(=O)O. The summed E-state index contributed by atoms with van der Waals surface area (Å²) in [5.41, 5.74) is 0. The van der Waals surface area contributed by atoms with Gasteiger partial charge in [-0.05, 0) is 12.8 Å². The van der Waals surface area contributed by atoms with Crippen molar-refractivity contribution >= 4 is 10.4 Å². The highest BCUT2D eigenvalue weighted by atomic mass is 32.3. The standard InChI is InChI=1S/C17H36O4S/c1-3-5-6-7-8-9-10-11-12-13-14-15-16-17(4-2)21-22(18,19)20/h17H,3-16H2,1-2H3,(H,18,19,20). The molecule has 0 amide bonds. The second-order valence-corrected chi connectivity index (χ2v) is 7.28. The average Bonchev–Trinajstić information content (AvgIpc) is 2.46. The Balaban J connectivity index is 3.32. The molecule has 134 valence electrons. The second-order valence-electron chi connectivity index (χ2n) is 6.23. The van der Waals surface area contributed by atoms with Gasteiger partial charge in [-0.15, -0.1) is 0 Å². The maximum atomic E-state index is 10.7. The largest absolute Gasteiger partial charge is 0.397 e. The molecule has 0 bridgehead atoms. The molecular formula is C17H36O4S. The molecule has 0 fully saturated rings. The summed E-state index contributed by atoms with van der Waals surface area (Å²) in [5, 5.41) is 0. The molecule has 5 heteroatoms. The van der Waals surface area contributed by atoms with Crippen molar-refractivity contribution in [3.63, 3.8) is 0 Å². The van der Waals surface area contributed by atoms with Gasteiger partial charge in [-0.3, -0.25) is 4.55 Å². The smallest absolute Gasteiger partial charge is 0.264 e. The number of unbranched alkanes of at least 4 members (excludes halogenated alkanes) is 11. The molecule has 0 saturated carbocycles. The van der Waals surface area contributed by atoms with Gasteiger partial charge in [-0.25, -0.2) is 4.18 Å². The molecular weight excluding hydrogens is 300 g/mol. The van der Waals surface area contributed by atoms with Crippen molar-refractivity contribution in [3.05, 3.63) is 0 Å². The van der Waals surface area contributed by atoms with Crippen molar-refractivity contribution in [2.45, 2.75) is 110 Å². The maximum Gasteiger partial charge on any atom is 0.397 e. The Morgan fingerprint density at radius 1 is 0.773 bits per heavy atom. The van der Waals surface area contributed by atoms with Crippen LogP contribution >= 0.6 is 0 Å². The predicted molar refractivity (Wildman–Crippen MR) is 92.4 cm³/mol. The van der Waals surface area contributed by atoms with Crippen LogP contribution in [0.3, 0.4) is 0 Å². The van der Waals surface area contributed by atoms with E-state index in [1.165, 1.54) is 64.2 Å². The lowest BCUT2D eigenvalue weighted by Gasteiger charge is -2.12. The highest BCUT2D eigenvalue weighted by molar-refractivity contribution is 7.80. The van der Waals surface area contributed by atoms with Gasteiger partial charge in [0.05, 0.1) is 6.10 Å². The monoisotopic (exact) mass is 336 g/mol. The van der Waals surface area contributed by atoms with Crippen LogP contribution in [0, 0.1) is 0 Å². The van der Waals surface area contributed by atoms with Crippen LogP contribution in [0.5, 0.6) is 0 Å². The minimum atomic E-state index is -4.30. The molecule has 0 rings (SSSR count). The van der Waals surface area contributed by atoms with Crippen LogP contribution in [0.15, 0.2) is 0 Å². The van der Waals surface area contributed by atoms with E-state index in [-0.39, 0.29) is 6.10 Å². The fourth-order valence-electron chi connectivity index (χ4n) is 2.71. The fourth-order valence-corrected chi connectivity index (χ4v) is 3.28. The normalized spacial score (nSPS) is 13.4. The van der Waals surface area contributed by atoms with Crippen molar-refractivity contribution in [2.75, 3.05) is 0 Å². The van der Waals surface area contributed by atoms with Crippen LogP contribution in [0.25, 0.3) is 0 Å². The number of hydrogen-bond acceptors (Lipinski definition) is 3.